The second-order valence-corrected chi connectivity index (χ2v) is 10.9. The fraction of sp³-hybridized carbons (Fsp3) is 0.476. The molecule has 0 bridgehead atoms. The van der Waals surface area contributed by atoms with E-state index in [-0.39, 0.29) is 16.8 Å². The molecule has 1 spiro atoms. The highest BCUT2D eigenvalue weighted by atomic mass is 35.5. The number of nitrogens with one attached hydrogen (secondary N) is 2. The van der Waals surface area contributed by atoms with Crippen molar-refractivity contribution in [1.29, 1.82) is 0 Å². The standard InChI is InChI=1S/C21H28ClN5OS2/c1-14(25-20-24-11-19(30-20)29-9-3-7-23)27-13-21(6-8-26(12-21)15(2)28)17-10-16(22)4-5-18(17)27/h4-5,10-11,20,24-25H,1,3,6-9,12-13,23H2,2H3. The molecule has 3 heterocycles. The summed E-state index contributed by atoms with van der Waals surface area (Å²) in [5.74, 6) is 2.01. The van der Waals surface area contributed by atoms with Crippen molar-refractivity contribution in [2.45, 2.75) is 30.7 Å². The lowest BCUT2D eigenvalue weighted by Gasteiger charge is -2.29. The Kier molecular flexibility index (Phi) is 6.48. The summed E-state index contributed by atoms with van der Waals surface area (Å²) in [5, 5.41) is 7.62. The van der Waals surface area contributed by atoms with E-state index in [0.717, 1.165) is 61.3 Å². The number of nitrogens with zero attached hydrogens (tertiary/aromatic N) is 2. The SMILES string of the molecule is C=C(NC1NC=C(SCCCN)S1)N1CC2(CCN(C(C)=O)C2)c2cc(Cl)ccc21. The van der Waals surface area contributed by atoms with Crippen LogP contribution in [0.15, 0.2) is 41.0 Å². The highest BCUT2D eigenvalue weighted by Crippen LogP contribution is 2.48. The molecule has 1 fully saturated rings. The average molecular weight is 466 g/mol. The Labute approximate surface area is 191 Å². The van der Waals surface area contributed by atoms with Crippen LogP contribution in [-0.4, -0.2) is 48.2 Å². The number of rotatable bonds is 7. The van der Waals surface area contributed by atoms with Crippen LogP contribution in [0.4, 0.5) is 5.69 Å². The fourth-order valence-corrected chi connectivity index (χ4v) is 6.68. The van der Waals surface area contributed by atoms with Gasteiger partial charge in [0, 0.05) is 48.9 Å². The van der Waals surface area contributed by atoms with Crippen LogP contribution in [0.3, 0.4) is 0 Å². The van der Waals surface area contributed by atoms with Gasteiger partial charge in [0.25, 0.3) is 0 Å². The van der Waals surface area contributed by atoms with Crippen LogP contribution in [0.5, 0.6) is 0 Å². The lowest BCUT2D eigenvalue weighted by atomic mass is 9.81. The molecule has 0 radical (unpaired) electrons. The number of likely N-dealkylation sites (tertiary alicyclic amines) is 1. The van der Waals surface area contributed by atoms with Gasteiger partial charge in [0.05, 0.1) is 4.24 Å². The molecule has 9 heteroatoms. The van der Waals surface area contributed by atoms with E-state index in [1.54, 1.807) is 18.7 Å². The topological polar surface area (TPSA) is 73.6 Å². The molecule has 3 aliphatic heterocycles. The first-order chi connectivity index (χ1) is 14.4. The van der Waals surface area contributed by atoms with E-state index < -0.39 is 0 Å². The smallest absolute Gasteiger partial charge is 0.219 e. The van der Waals surface area contributed by atoms with Crippen LogP contribution >= 0.6 is 35.1 Å². The third-order valence-corrected chi connectivity index (χ3v) is 8.50. The molecule has 0 aliphatic carbocycles. The van der Waals surface area contributed by atoms with Crippen molar-refractivity contribution in [1.82, 2.24) is 15.5 Å². The van der Waals surface area contributed by atoms with Crippen molar-refractivity contribution in [3.63, 3.8) is 0 Å². The number of carbonyl (C=O) groups excluding carboxylic acids is 1. The van der Waals surface area contributed by atoms with Gasteiger partial charge in [-0.05, 0) is 48.9 Å². The molecule has 4 rings (SSSR count). The molecule has 1 aromatic rings. The van der Waals surface area contributed by atoms with Crippen LogP contribution in [0.2, 0.25) is 5.02 Å². The van der Waals surface area contributed by atoms with Crippen LogP contribution in [0.25, 0.3) is 0 Å². The van der Waals surface area contributed by atoms with Gasteiger partial charge in [-0.3, -0.25) is 4.79 Å². The molecular formula is C21H28ClN5OS2. The molecule has 6 nitrogen and oxygen atoms in total. The fourth-order valence-electron chi connectivity index (χ4n) is 4.33. The number of nitrogens with two attached hydrogens (primary N) is 1. The molecular weight excluding hydrogens is 438 g/mol. The van der Waals surface area contributed by atoms with Crippen molar-refractivity contribution >= 4 is 46.7 Å². The minimum Gasteiger partial charge on any atom is -0.361 e. The summed E-state index contributed by atoms with van der Waals surface area (Å²) < 4.78 is 1.26. The van der Waals surface area contributed by atoms with Crippen molar-refractivity contribution in [3.8, 4) is 0 Å². The van der Waals surface area contributed by atoms with Gasteiger partial charge in [-0.15, -0.1) is 11.8 Å². The normalized spacial score (nSPS) is 24.8. The highest BCUT2D eigenvalue weighted by Gasteiger charge is 2.48. The quantitative estimate of drug-likeness (QED) is 0.534. The largest absolute Gasteiger partial charge is 0.361 e. The summed E-state index contributed by atoms with van der Waals surface area (Å²) in [4.78, 5) is 16.1. The molecule has 1 saturated heterocycles. The van der Waals surface area contributed by atoms with E-state index in [9.17, 15) is 4.79 Å². The molecule has 1 amide bonds. The third kappa shape index (κ3) is 4.28. The average Bonchev–Trinajstić information content (AvgIpc) is 3.41. The Hall–Kier alpha value is -1.48. The number of carbonyl (C=O) groups is 1. The van der Waals surface area contributed by atoms with Gasteiger partial charge in [0.1, 0.15) is 5.82 Å². The molecule has 2 atom stereocenters. The van der Waals surface area contributed by atoms with Crippen molar-refractivity contribution in [2.75, 3.05) is 36.8 Å². The Morgan fingerprint density at radius 2 is 2.33 bits per heavy atom. The van der Waals surface area contributed by atoms with Crippen molar-refractivity contribution in [2.24, 2.45) is 5.73 Å². The lowest BCUT2D eigenvalue weighted by molar-refractivity contribution is -0.127. The zero-order chi connectivity index (χ0) is 21.3. The Balaban J connectivity index is 1.45. The summed E-state index contributed by atoms with van der Waals surface area (Å²) >= 11 is 9.94. The van der Waals surface area contributed by atoms with E-state index in [2.05, 4.69) is 40.4 Å². The first-order valence-corrected chi connectivity index (χ1v) is 12.4. The first kappa shape index (κ1) is 21.7. The van der Waals surface area contributed by atoms with Crippen LogP contribution < -0.4 is 21.3 Å². The summed E-state index contributed by atoms with van der Waals surface area (Å²) in [7, 11) is 0. The lowest BCUT2D eigenvalue weighted by Crippen LogP contribution is -2.42. The van der Waals surface area contributed by atoms with E-state index >= 15 is 0 Å². The monoisotopic (exact) mass is 465 g/mol. The minimum atomic E-state index is -0.103. The second kappa shape index (κ2) is 8.94. The number of thioether (sulfide) groups is 2. The van der Waals surface area contributed by atoms with Gasteiger partial charge in [0.2, 0.25) is 5.91 Å². The molecule has 162 valence electrons. The molecule has 0 aromatic heterocycles. The Morgan fingerprint density at radius 1 is 1.50 bits per heavy atom. The minimum absolute atomic E-state index is 0.0440. The zero-order valence-corrected chi connectivity index (χ0v) is 19.5. The third-order valence-electron chi connectivity index (χ3n) is 5.88. The van der Waals surface area contributed by atoms with E-state index in [0.29, 0.717) is 0 Å². The van der Waals surface area contributed by atoms with E-state index in [1.807, 2.05) is 22.7 Å². The van der Waals surface area contributed by atoms with Crippen LogP contribution in [0.1, 0.15) is 25.3 Å². The summed E-state index contributed by atoms with van der Waals surface area (Å²) in [5.41, 5.74) is 7.86. The number of amides is 1. The van der Waals surface area contributed by atoms with Gasteiger partial charge in [-0.2, -0.15) is 0 Å². The predicted molar refractivity (Wildman–Crippen MR) is 128 cm³/mol. The zero-order valence-electron chi connectivity index (χ0n) is 17.1. The Bertz CT molecular complexity index is 879. The van der Waals surface area contributed by atoms with E-state index in [1.165, 1.54) is 9.80 Å². The maximum atomic E-state index is 12.0. The predicted octanol–water partition coefficient (Wildman–Crippen LogP) is 3.21. The maximum Gasteiger partial charge on any atom is 0.219 e. The maximum absolute atomic E-state index is 12.0. The number of hydrogen-bond acceptors (Lipinski definition) is 7. The molecule has 0 saturated carbocycles. The van der Waals surface area contributed by atoms with Crippen molar-refractivity contribution < 1.29 is 4.79 Å². The Morgan fingerprint density at radius 3 is 3.07 bits per heavy atom. The first-order valence-electron chi connectivity index (χ1n) is 10.2. The molecule has 30 heavy (non-hydrogen) atoms. The molecule has 3 aliphatic rings. The van der Waals surface area contributed by atoms with Gasteiger partial charge in [-0.1, -0.05) is 29.9 Å². The molecule has 2 unspecified atom stereocenters. The van der Waals surface area contributed by atoms with Crippen LogP contribution in [-0.2, 0) is 10.2 Å². The number of benzene rings is 1. The molecule has 4 N–H and O–H groups in total. The van der Waals surface area contributed by atoms with E-state index in [4.69, 9.17) is 17.3 Å². The highest BCUT2D eigenvalue weighted by molar-refractivity contribution is 8.22. The number of anilines is 1. The van der Waals surface area contributed by atoms with Crippen molar-refractivity contribution in [3.05, 3.63) is 51.6 Å². The number of halogens is 1. The van der Waals surface area contributed by atoms with Gasteiger partial charge in [-0.25, -0.2) is 0 Å². The summed E-state index contributed by atoms with van der Waals surface area (Å²) in [6.45, 7) is 8.99. The van der Waals surface area contributed by atoms with Crippen LogP contribution in [0, 0.1) is 0 Å². The molecule has 1 aromatic carbocycles. The summed E-state index contributed by atoms with van der Waals surface area (Å²) in [6, 6.07) is 6.05. The number of fused-ring (bicyclic) bond motifs is 2. The number of hydrogen-bond donors (Lipinski definition) is 3. The van der Waals surface area contributed by atoms with Gasteiger partial charge >= 0.3 is 0 Å². The van der Waals surface area contributed by atoms with Gasteiger partial charge in [0.15, 0.2) is 5.50 Å². The second-order valence-electron chi connectivity index (χ2n) is 7.93. The van der Waals surface area contributed by atoms with Gasteiger partial charge < -0.3 is 26.2 Å². The summed E-state index contributed by atoms with van der Waals surface area (Å²) in [6.07, 6.45) is 4.00.